The summed E-state index contributed by atoms with van der Waals surface area (Å²) in [6, 6.07) is 5.03. The van der Waals surface area contributed by atoms with Crippen molar-refractivity contribution in [3.63, 3.8) is 0 Å². The van der Waals surface area contributed by atoms with Crippen LogP contribution >= 0.6 is 0 Å². The van der Waals surface area contributed by atoms with Gasteiger partial charge in [0.2, 0.25) is 10.0 Å². The molecule has 142 valence electrons. The molecule has 0 aliphatic rings. The predicted octanol–water partition coefficient (Wildman–Crippen LogP) is 3.10. The molecule has 1 rings (SSSR count). The first kappa shape index (κ1) is 21.7. The third kappa shape index (κ3) is 8.13. The molecule has 7 heteroatoms. The van der Waals surface area contributed by atoms with Crippen molar-refractivity contribution in [2.75, 3.05) is 30.2 Å². The molecule has 0 unspecified atom stereocenters. The van der Waals surface area contributed by atoms with E-state index in [1.165, 1.54) is 6.08 Å². The van der Waals surface area contributed by atoms with Crippen LogP contribution < -0.4 is 14.8 Å². The van der Waals surface area contributed by atoms with Crippen molar-refractivity contribution >= 4 is 21.9 Å². The molecule has 26 heavy (non-hydrogen) atoms. The SMILES string of the molecule is C=C/C=C\C=C/CS(=O)(=O)Nc1cccc(OCCNCCC)c1C=N. The Labute approximate surface area is 156 Å². The van der Waals surface area contributed by atoms with Gasteiger partial charge in [-0.25, -0.2) is 8.42 Å². The molecule has 0 bridgehead atoms. The highest BCUT2D eigenvalue weighted by molar-refractivity contribution is 7.92. The number of hydrogen-bond acceptors (Lipinski definition) is 5. The van der Waals surface area contributed by atoms with Crippen LogP contribution in [0.1, 0.15) is 18.9 Å². The highest BCUT2D eigenvalue weighted by Crippen LogP contribution is 2.25. The van der Waals surface area contributed by atoms with Gasteiger partial charge in [0.05, 0.1) is 17.0 Å². The van der Waals surface area contributed by atoms with E-state index in [4.69, 9.17) is 10.1 Å². The van der Waals surface area contributed by atoms with E-state index < -0.39 is 10.0 Å². The normalized spacial score (nSPS) is 11.7. The van der Waals surface area contributed by atoms with Crippen LogP contribution in [0.3, 0.4) is 0 Å². The minimum atomic E-state index is -3.57. The summed E-state index contributed by atoms with van der Waals surface area (Å²) in [5.41, 5.74) is 0.733. The van der Waals surface area contributed by atoms with Crippen LogP contribution in [0.15, 0.2) is 55.2 Å². The van der Waals surface area contributed by atoms with E-state index in [9.17, 15) is 8.42 Å². The quantitative estimate of drug-likeness (QED) is 0.280. The number of benzene rings is 1. The number of ether oxygens (including phenoxy) is 1. The molecule has 0 aliphatic heterocycles. The topological polar surface area (TPSA) is 91.3 Å². The fourth-order valence-corrected chi connectivity index (χ4v) is 3.02. The average molecular weight is 378 g/mol. The van der Waals surface area contributed by atoms with Crippen molar-refractivity contribution in [2.24, 2.45) is 0 Å². The lowest BCUT2D eigenvalue weighted by atomic mass is 10.2. The summed E-state index contributed by atoms with van der Waals surface area (Å²) in [7, 11) is -3.57. The molecule has 0 spiro atoms. The Bertz CT molecular complexity index is 740. The molecule has 0 atom stereocenters. The molecule has 0 saturated carbocycles. The van der Waals surface area contributed by atoms with E-state index in [-0.39, 0.29) is 5.75 Å². The maximum Gasteiger partial charge on any atom is 0.236 e. The molecular formula is C19H27N3O3S. The van der Waals surface area contributed by atoms with Crippen LogP contribution in [0, 0.1) is 5.41 Å². The van der Waals surface area contributed by atoms with E-state index in [0.717, 1.165) is 19.2 Å². The molecule has 1 aromatic rings. The summed E-state index contributed by atoms with van der Waals surface area (Å²) in [6.07, 6.45) is 10.3. The summed E-state index contributed by atoms with van der Waals surface area (Å²) in [6.45, 7) is 7.66. The molecular weight excluding hydrogens is 350 g/mol. The first-order chi connectivity index (χ1) is 12.5. The molecule has 3 N–H and O–H groups in total. The van der Waals surface area contributed by atoms with Gasteiger partial charge in [-0.05, 0) is 25.1 Å². The van der Waals surface area contributed by atoms with Crippen LogP contribution in [0.4, 0.5) is 5.69 Å². The number of anilines is 1. The summed E-state index contributed by atoms with van der Waals surface area (Å²) in [4.78, 5) is 0. The van der Waals surface area contributed by atoms with Crippen LogP contribution in [0.2, 0.25) is 0 Å². The molecule has 0 saturated heterocycles. The van der Waals surface area contributed by atoms with Crippen molar-refractivity contribution in [3.8, 4) is 5.75 Å². The molecule has 0 heterocycles. The molecule has 0 aromatic heterocycles. The van der Waals surface area contributed by atoms with Gasteiger partial charge in [0, 0.05) is 12.8 Å². The van der Waals surface area contributed by atoms with Gasteiger partial charge in [-0.15, -0.1) is 0 Å². The van der Waals surface area contributed by atoms with Gasteiger partial charge in [0.15, 0.2) is 0 Å². The molecule has 0 aliphatic carbocycles. The lowest BCUT2D eigenvalue weighted by Gasteiger charge is -2.14. The smallest absolute Gasteiger partial charge is 0.236 e. The standard InChI is InChI=1S/C19H27N3O3S/c1-3-5-6-7-8-15-26(23,24)22-18-10-9-11-19(17(18)16-20)25-14-13-21-12-4-2/h3,5-11,16,20-22H,1,4,12-15H2,2H3/b6-5-,8-7-,20-16?. The molecule has 0 amide bonds. The summed E-state index contributed by atoms with van der Waals surface area (Å²) in [5, 5.41) is 10.8. The van der Waals surface area contributed by atoms with Crippen molar-refractivity contribution in [3.05, 3.63) is 60.7 Å². The van der Waals surface area contributed by atoms with Crippen molar-refractivity contribution in [1.29, 1.82) is 5.41 Å². The highest BCUT2D eigenvalue weighted by atomic mass is 32.2. The minimum Gasteiger partial charge on any atom is -0.492 e. The highest BCUT2D eigenvalue weighted by Gasteiger charge is 2.13. The van der Waals surface area contributed by atoms with Gasteiger partial charge >= 0.3 is 0 Å². The third-order valence-electron chi connectivity index (χ3n) is 3.25. The summed E-state index contributed by atoms with van der Waals surface area (Å²) >= 11 is 0. The fourth-order valence-electron chi connectivity index (χ4n) is 2.06. The zero-order chi connectivity index (χ0) is 19.3. The number of allylic oxidation sites excluding steroid dienone is 4. The predicted molar refractivity (Wildman–Crippen MR) is 109 cm³/mol. The van der Waals surface area contributed by atoms with Gasteiger partial charge < -0.3 is 15.5 Å². The van der Waals surface area contributed by atoms with E-state index in [1.807, 2.05) is 0 Å². The van der Waals surface area contributed by atoms with Crippen molar-refractivity contribution in [2.45, 2.75) is 13.3 Å². The Morgan fingerprint density at radius 3 is 2.73 bits per heavy atom. The Hall–Kier alpha value is -2.38. The number of hydrogen-bond donors (Lipinski definition) is 3. The second-order valence-electron chi connectivity index (χ2n) is 5.39. The maximum atomic E-state index is 12.2. The monoisotopic (exact) mass is 377 g/mol. The zero-order valence-corrected chi connectivity index (χ0v) is 15.9. The van der Waals surface area contributed by atoms with E-state index in [1.54, 1.807) is 42.5 Å². The van der Waals surface area contributed by atoms with Gasteiger partial charge in [-0.2, -0.15) is 0 Å². The Balaban J connectivity index is 2.77. The van der Waals surface area contributed by atoms with E-state index in [2.05, 4.69) is 23.5 Å². The average Bonchev–Trinajstić information content (AvgIpc) is 2.61. The maximum absolute atomic E-state index is 12.2. The Kier molecular flexibility index (Phi) is 10.0. The van der Waals surface area contributed by atoms with Gasteiger partial charge in [-0.3, -0.25) is 4.72 Å². The lowest BCUT2D eigenvalue weighted by Crippen LogP contribution is -2.22. The molecule has 6 nitrogen and oxygen atoms in total. The van der Waals surface area contributed by atoms with Crippen molar-refractivity contribution < 1.29 is 13.2 Å². The number of rotatable bonds is 13. The molecule has 1 aromatic carbocycles. The first-order valence-electron chi connectivity index (χ1n) is 8.45. The second kappa shape index (κ2) is 12.1. The number of sulfonamides is 1. The first-order valence-corrected chi connectivity index (χ1v) is 10.1. The Morgan fingerprint density at radius 1 is 1.23 bits per heavy atom. The van der Waals surface area contributed by atoms with Crippen LogP contribution in [-0.2, 0) is 10.0 Å². The molecule has 0 fully saturated rings. The van der Waals surface area contributed by atoms with E-state index >= 15 is 0 Å². The van der Waals surface area contributed by atoms with Crippen LogP contribution in [0.5, 0.6) is 5.75 Å². The Morgan fingerprint density at radius 2 is 2.04 bits per heavy atom. The van der Waals surface area contributed by atoms with Crippen molar-refractivity contribution in [1.82, 2.24) is 5.32 Å². The lowest BCUT2D eigenvalue weighted by molar-refractivity contribution is 0.314. The zero-order valence-electron chi connectivity index (χ0n) is 15.1. The largest absolute Gasteiger partial charge is 0.492 e. The number of nitrogens with one attached hydrogen (secondary N) is 3. The van der Waals surface area contributed by atoms with Gasteiger partial charge in [0.25, 0.3) is 0 Å². The van der Waals surface area contributed by atoms with Crippen LogP contribution in [0.25, 0.3) is 0 Å². The van der Waals surface area contributed by atoms with Crippen LogP contribution in [-0.4, -0.2) is 40.1 Å². The minimum absolute atomic E-state index is 0.169. The second-order valence-corrected chi connectivity index (χ2v) is 7.16. The fraction of sp³-hybridized carbons (Fsp3) is 0.316. The summed E-state index contributed by atoms with van der Waals surface area (Å²) < 4.78 is 32.6. The third-order valence-corrected chi connectivity index (χ3v) is 4.41. The van der Waals surface area contributed by atoms with Gasteiger partial charge in [0.1, 0.15) is 12.4 Å². The summed E-state index contributed by atoms with van der Waals surface area (Å²) in [5.74, 6) is 0.306. The van der Waals surface area contributed by atoms with E-state index in [0.29, 0.717) is 30.2 Å². The van der Waals surface area contributed by atoms with Gasteiger partial charge in [-0.1, -0.05) is 49.9 Å². The molecule has 0 radical (unpaired) electrons.